The van der Waals surface area contributed by atoms with E-state index < -0.39 is 5.97 Å². The van der Waals surface area contributed by atoms with E-state index in [2.05, 4.69) is 23.8 Å². The van der Waals surface area contributed by atoms with Crippen molar-refractivity contribution in [1.82, 2.24) is 14.9 Å². The number of imidazole rings is 1. The van der Waals surface area contributed by atoms with Gasteiger partial charge in [0.15, 0.2) is 6.61 Å². The molecule has 6 heteroatoms. The molecule has 29 heavy (non-hydrogen) atoms. The number of nitrogens with one attached hydrogen (secondary N) is 1. The Morgan fingerprint density at radius 2 is 1.83 bits per heavy atom. The Labute approximate surface area is 169 Å². The molecule has 1 N–H and O–H groups in total. The molecule has 150 valence electrons. The van der Waals surface area contributed by atoms with Gasteiger partial charge in [0, 0.05) is 18.7 Å². The fraction of sp³-hybridized carbons (Fsp3) is 0.348. The number of hydrogen-bond acceptors (Lipinski definition) is 4. The smallest absolute Gasteiger partial charge is 0.338 e. The third-order valence-electron chi connectivity index (χ3n) is 5.31. The zero-order chi connectivity index (χ0) is 20.4. The number of benzene rings is 2. The number of aromatic amines is 1. The van der Waals surface area contributed by atoms with Crippen molar-refractivity contribution in [2.75, 3.05) is 19.7 Å². The molecule has 4 rings (SSSR count). The summed E-state index contributed by atoms with van der Waals surface area (Å²) in [4.78, 5) is 34.5. The lowest BCUT2D eigenvalue weighted by molar-refractivity contribution is -0.137. The minimum Gasteiger partial charge on any atom is -0.452 e. The number of fused-ring (bicyclic) bond motifs is 1. The lowest BCUT2D eigenvalue weighted by atomic mass is 9.92. The maximum Gasteiger partial charge on any atom is 0.338 e. The average Bonchev–Trinajstić information content (AvgIpc) is 3.15. The van der Waals surface area contributed by atoms with Crippen LogP contribution in [-0.2, 0) is 9.53 Å². The Bertz CT molecular complexity index is 1020. The summed E-state index contributed by atoms with van der Waals surface area (Å²) in [5.74, 6) is 1.05. The summed E-state index contributed by atoms with van der Waals surface area (Å²) in [6, 6.07) is 15.0. The van der Waals surface area contributed by atoms with Crippen molar-refractivity contribution >= 4 is 22.9 Å². The Balaban J connectivity index is 1.42. The number of H-pyrrole nitrogens is 1. The van der Waals surface area contributed by atoms with Gasteiger partial charge in [0.25, 0.3) is 5.91 Å². The van der Waals surface area contributed by atoms with Crippen LogP contribution >= 0.6 is 0 Å². The number of ether oxygens (including phenoxy) is 1. The second-order valence-corrected chi connectivity index (χ2v) is 8.00. The van der Waals surface area contributed by atoms with Crippen molar-refractivity contribution in [3.05, 3.63) is 54.1 Å². The van der Waals surface area contributed by atoms with Gasteiger partial charge in [0.1, 0.15) is 5.82 Å². The zero-order valence-electron chi connectivity index (χ0n) is 16.7. The van der Waals surface area contributed by atoms with Gasteiger partial charge in [0.05, 0.1) is 16.6 Å². The first-order chi connectivity index (χ1) is 14.0. The van der Waals surface area contributed by atoms with Crippen LogP contribution in [0.1, 0.15) is 30.6 Å². The summed E-state index contributed by atoms with van der Waals surface area (Å²) in [6.07, 6.45) is 1.12. The summed E-state index contributed by atoms with van der Waals surface area (Å²) in [5, 5.41) is 0. The van der Waals surface area contributed by atoms with Crippen LogP contribution in [0.5, 0.6) is 0 Å². The standard InChI is InChI=1S/C23H25N3O3/c1-15-10-16(2)13-26(12-15)21(27)14-29-23(28)18-8-9-19-20(11-18)25-22(24-19)17-6-4-3-5-7-17/h3-9,11,15-16H,10,12-14H2,1-2H3,(H,24,25). The number of rotatable bonds is 4. The highest BCUT2D eigenvalue weighted by atomic mass is 16.5. The predicted octanol–water partition coefficient (Wildman–Crippen LogP) is 3.89. The minimum atomic E-state index is -0.505. The summed E-state index contributed by atoms with van der Waals surface area (Å²) < 4.78 is 5.29. The van der Waals surface area contributed by atoms with Gasteiger partial charge in [0.2, 0.25) is 0 Å². The second-order valence-electron chi connectivity index (χ2n) is 8.00. The molecular formula is C23H25N3O3. The fourth-order valence-electron chi connectivity index (χ4n) is 4.04. The number of esters is 1. The Morgan fingerprint density at radius 1 is 1.10 bits per heavy atom. The quantitative estimate of drug-likeness (QED) is 0.685. The highest BCUT2D eigenvalue weighted by molar-refractivity contribution is 5.95. The topological polar surface area (TPSA) is 75.3 Å². The summed E-state index contributed by atoms with van der Waals surface area (Å²) in [5.41, 5.74) is 2.90. The predicted molar refractivity (Wildman–Crippen MR) is 111 cm³/mol. The van der Waals surface area contributed by atoms with Crippen molar-refractivity contribution in [2.24, 2.45) is 11.8 Å². The lowest BCUT2D eigenvalue weighted by Crippen LogP contribution is -2.44. The van der Waals surface area contributed by atoms with Crippen molar-refractivity contribution in [1.29, 1.82) is 0 Å². The van der Waals surface area contributed by atoms with Crippen LogP contribution in [0.3, 0.4) is 0 Å². The molecule has 2 atom stereocenters. The van der Waals surface area contributed by atoms with Gasteiger partial charge in [-0.3, -0.25) is 4.79 Å². The number of likely N-dealkylation sites (tertiary alicyclic amines) is 1. The molecule has 2 unspecified atom stereocenters. The first-order valence-electron chi connectivity index (χ1n) is 9.99. The largest absolute Gasteiger partial charge is 0.452 e. The van der Waals surface area contributed by atoms with E-state index in [1.54, 1.807) is 23.1 Å². The van der Waals surface area contributed by atoms with Crippen LogP contribution < -0.4 is 0 Å². The molecule has 0 bridgehead atoms. The first-order valence-corrected chi connectivity index (χ1v) is 9.99. The molecule has 0 aliphatic carbocycles. The van der Waals surface area contributed by atoms with Gasteiger partial charge in [-0.15, -0.1) is 0 Å². The number of piperidine rings is 1. The molecule has 1 aliphatic rings. The van der Waals surface area contributed by atoms with Crippen LogP contribution in [0, 0.1) is 11.8 Å². The number of amides is 1. The van der Waals surface area contributed by atoms with Gasteiger partial charge in [-0.05, 0) is 36.5 Å². The van der Waals surface area contributed by atoms with Crippen molar-refractivity contribution in [2.45, 2.75) is 20.3 Å². The monoisotopic (exact) mass is 391 g/mol. The van der Waals surface area contributed by atoms with Crippen molar-refractivity contribution < 1.29 is 14.3 Å². The normalized spacial score (nSPS) is 19.3. The van der Waals surface area contributed by atoms with Gasteiger partial charge in [-0.2, -0.15) is 0 Å². The first kappa shape index (κ1) is 19.2. The average molecular weight is 391 g/mol. The molecule has 0 radical (unpaired) electrons. The molecule has 1 fully saturated rings. The van der Waals surface area contributed by atoms with Crippen molar-refractivity contribution in [3.8, 4) is 11.4 Å². The molecule has 2 heterocycles. The second kappa shape index (κ2) is 8.07. The number of carbonyl (C=O) groups is 2. The third kappa shape index (κ3) is 4.31. The summed E-state index contributed by atoms with van der Waals surface area (Å²) in [7, 11) is 0. The van der Waals surface area contributed by atoms with Crippen LogP contribution in [0.4, 0.5) is 0 Å². The molecule has 0 spiro atoms. The van der Waals surface area contributed by atoms with E-state index in [1.807, 2.05) is 30.3 Å². The van der Waals surface area contributed by atoms with E-state index in [1.165, 1.54) is 0 Å². The Kier molecular flexibility index (Phi) is 5.34. The maximum absolute atomic E-state index is 12.5. The molecule has 1 aromatic heterocycles. The molecule has 6 nitrogen and oxygen atoms in total. The zero-order valence-corrected chi connectivity index (χ0v) is 16.7. The maximum atomic E-state index is 12.5. The van der Waals surface area contributed by atoms with Gasteiger partial charge < -0.3 is 14.6 Å². The number of hydrogen-bond donors (Lipinski definition) is 1. The molecular weight excluding hydrogens is 366 g/mol. The van der Waals surface area contributed by atoms with Crippen LogP contribution in [0.25, 0.3) is 22.4 Å². The van der Waals surface area contributed by atoms with E-state index >= 15 is 0 Å². The Hall–Kier alpha value is -3.15. The van der Waals surface area contributed by atoms with Crippen LogP contribution in [0.2, 0.25) is 0 Å². The van der Waals surface area contributed by atoms with Gasteiger partial charge in [-0.1, -0.05) is 44.2 Å². The van der Waals surface area contributed by atoms with Crippen LogP contribution in [0.15, 0.2) is 48.5 Å². The summed E-state index contributed by atoms with van der Waals surface area (Å²) >= 11 is 0. The summed E-state index contributed by atoms with van der Waals surface area (Å²) in [6.45, 7) is 5.51. The van der Waals surface area contributed by atoms with Gasteiger partial charge >= 0.3 is 5.97 Å². The van der Waals surface area contributed by atoms with Crippen LogP contribution in [-0.4, -0.2) is 46.4 Å². The molecule has 0 saturated carbocycles. The van der Waals surface area contributed by atoms with E-state index in [9.17, 15) is 9.59 Å². The molecule has 1 saturated heterocycles. The highest BCUT2D eigenvalue weighted by Gasteiger charge is 2.26. The fourth-order valence-corrected chi connectivity index (χ4v) is 4.04. The molecule has 1 amide bonds. The third-order valence-corrected chi connectivity index (χ3v) is 5.31. The molecule has 1 aliphatic heterocycles. The molecule has 3 aromatic rings. The SMILES string of the molecule is CC1CC(C)CN(C(=O)COC(=O)c2ccc3nc(-c4ccccc4)[nH]c3c2)C1. The van der Waals surface area contributed by atoms with E-state index in [4.69, 9.17) is 4.74 Å². The van der Waals surface area contributed by atoms with Crippen molar-refractivity contribution in [3.63, 3.8) is 0 Å². The molecule has 2 aromatic carbocycles. The lowest BCUT2D eigenvalue weighted by Gasteiger charge is -2.34. The van der Waals surface area contributed by atoms with E-state index in [0.29, 0.717) is 17.4 Å². The van der Waals surface area contributed by atoms with E-state index in [0.717, 1.165) is 41.9 Å². The number of carbonyl (C=O) groups excluding carboxylic acids is 2. The number of aromatic nitrogens is 2. The van der Waals surface area contributed by atoms with E-state index in [-0.39, 0.29) is 12.5 Å². The van der Waals surface area contributed by atoms with Gasteiger partial charge in [-0.25, -0.2) is 9.78 Å². The highest BCUT2D eigenvalue weighted by Crippen LogP contribution is 2.22. The number of nitrogens with zero attached hydrogens (tertiary/aromatic N) is 2. The minimum absolute atomic E-state index is 0.134. The Morgan fingerprint density at radius 3 is 2.55 bits per heavy atom.